The Morgan fingerprint density at radius 2 is 1.66 bits per heavy atom. The number of benzene rings is 3. The normalized spacial score (nSPS) is 15.6. The van der Waals surface area contributed by atoms with Gasteiger partial charge in [0.2, 0.25) is 0 Å². The zero-order valence-electron chi connectivity index (χ0n) is 24.6. The van der Waals surface area contributed by atoms with Crippen molar-refractivity contribution >= 4 is 16.9 Å². The first-order valence-electron chi connectivity index (χ1n) is 14.7. The lowest BCUT2D eigenvalue weighted by molar-refractivity contribution is 0.289. The number of allylic oxidation sites excluding steroid dienone is 6. The molecule has 1 heterocycles. The number of phenols is 1. The van der Waals surface area contributed by atoms with Crippen molar-refractivity contribution in [2.24, 2.45) is 0 Å². The van der Waals surface area contributed by atoms with Gasteiger partial charge in [0.15, 0.2) is 0 Å². The fraction of sp³-hybridized carbons (Fsp3) is 0.333. The molecule has 0 aromatic heterocycles. The van der Waals surface area contributed by atoms with Crippen molar-refractivity contribution in [1.82, 2.24) is 0 Å². The second-order valence-electron chi connectivity index (χ2n) is 11.0. The molecule has 3 aromatic rings. The summed E-state index contributed by atoms with van der Waals surface area (Å²) in [5.74, 6) is 0.236. The van der Waals surface area contributed by atoms with E-state index < -0.39 is 0 Å². The lowest BCUT2D eigenvalue weighted by Gasteiger charge is -2.26. The zero-order chi connectivity index (χ0) is 29.2. The predicted molar refractivity (Wildman–Crippen MR) is 172 cm³/mol. The van der Waals surface area contributed by atoms with Gasteiger partial charge in [-0.25, -0.2) is 0 Å². The van der Waals surface area contributed by atoms with Crippen LogP contribution in [0.15, 0.2) is 103 Å². The molecule has 5 heteroatoms. The molecule has 0 amide bonds. The van der Waals surface area contributed by atoms with Crippen molar-refractivity contribution in [2.45, 2.75) is 45.4 Å². The van der Waals surface area contributed by atoms with Gasteiger partial charge >= 0.3 is 0 Å². The van der Waals surface area contributed by atoms with Crippen LogP contribution in [-0.2, 0) is 11.8 Å². The lowest BCUT2D eigenvalue weighted by Crippen LogP contribution is -2.27. The number of hydrogen-bond donors (Lipinski definition) is 3. The molecule has 0 aliphatic carbocycles. The number of aliphatic hydroxyl groups excluding tert-OH is 2. The van der Waals surface area contributed by atoms with Crippen molar-refractivity contribution in [3.05, 3.63) is 119 Å². The number of phenolic OH excluding ortho intramolecular Hbond substituents is 1. The van der Waals surface area contributed by atoms with Gasteiger partial charge in [0.05, 0.1) is 0 Å². The zero-order valence-corrected chi connectivity index (χ0v) is 24.6. The summed E-state index contributed by atoms with van der Waals surface area (Å²) in [5.41, 5.74) is 7.37. The summed E-state index contributed by atoms with van der Waals surface area (Å²) >= 11 is 0. The van der Waals surface area contributed by atoms with Crippen molar-refractivity contribution in [3.63, 3.8) is 0 Å². The van der Waals surface area contributed by atoms with E-state index in [2.05, 4.69) is 91.3 Å². The number of aromatic hydroxyl groups is 1. The lowest BCUT2D eigenvalue weighted by atomic mass is 9.83. The number of aliphatic hydroxyl groups is 2. The summed E-state index contributed by atoms with van der Waals surface area (Å²) < 4.78 is 0. The third-order valence-electron chi connectivity index (χ3n) is 7.89. The van der Waals surface area contributed by atoms with Crippen LogP contribution in [0.1, 0.15) is 50.3 Å². The van der Waals surface area contributed by atoms with Gasteiger partial charge in [-0.05, 0) is 67.2 Å². The molecule has 0 saturated carbocycles. The van der Waals surface area contributed by atoms with Crippen LogP contribution in [0.3, 0.4) is 0 Å². The number of para-hydroxylation sites is 1. The number of hydrogen-bond acceptors (Lipinski definition) is 5. The maximum Gasteiger partial charge on any atom is 0.125 e. The largest absolute Gasteiger partial charge is 0.507 e. The van der Waals surface area contributed by atoms with E-state index in [0.29, 0.717) is 12.8 Å². The van der Waals surface area contributed by atoms with E-state index in [9.17, 15) is 15.3 Å². The Hall–Kier alpha value is -3.80. The van der Waals surface area contributed by atoms with Crippen molar-refractivity contribution in [2.75, 3.05) is 42.6 Å². The average Bonchev–Trinajstić information content (AvgIpc) is 3.20. The van der Waals surface area contributed by atoms with Gasteiger partial charge in [-0.2, -0.15) is 0 Å². The Kier molecular flexibility index (Phi) is 10.4. The molecule has 5 nitrogen and oxygen atoms in total. The first-order chi connectivity index (χ1) is 19.9. The fourth-order valence-corrected chi connectivity index (χ4v) is 5.66. The molecule has 41 heavy (non-hydrogen) atoms. The topological polar surface area (TPSA) is 67.2 Å². The summed E-state index contributed by atoms with van der Waals surface area (Å²) in [4.78, 5) is 4.48. The molecular weight excluding hydrogens is 508 g/mol. The molecule has 3 N–H and O–H groups in total. The quantitative estimate of drug-likeness (QED) is 0.203. The van der Waals surface area contributed by atoms with Gasteiger partial charge in [-0.3, -0.25) is 0 Å². The molecule has 1 aliphatic heterocycles. The van der Waals surface area contributed by atoms with Gasteiger partial charge < -0.3 is 25.1 Å². The standard InChI is InChI=1S/C36H44N2O3/c1-4-37(23-11-25-39)30-21-22-31(34(41)27-30)29(20-19-28-13-6-5-7-14-28)15-10-18-35-36(2,3)32-16-8-9-17-33(32)38(35)24-12-26-40/h5-10,13-18,20-22,27,39-41H,4,11-12,19,23-26H2,1-3H3/b15-10+,29-20-,35-18+. The van der Waals surface area contributed by atoms with E-state index in [4.69, 9.17) is 0 Å². The van der Waals surface area contributed by atoms with Crippen LogP contribution in [0.5, 0.6) is 5.75 Å². The minimum atomic E-state index is -0.174. The number of fused-ring (bicyclic) bond motifs is 1. The monoisotopic (exact) mass is 552 g/mol. The molecule has 0 unspecified atom stereocenters. The van der Waals surface area contributed by atoms with Crippen LogP contribution in [0.25, 0.3) is 5.57 Å². The van der Waals surface area contributed by atoms with Crippen LogP contribution >= 0.6 is 0 Å². The Labute approximate surface area is 245 Å². The molecule has 4 rings (SSSR count). The number of nitrogens with zero attached hydrogens (tertiary/aromatic N) is 2. The predicted octanol–water partition coefficient (Wildman–Crippen LogP) is 6.85. The first kappa shape index (κ1) is 30.2. The summed E-state index contributed by atoms with van der Waals surface area (Å²) in [6, 6.07) is 24.7. The molecule has 216 valence electrons. The molecule has 0 atom stereocenters. The van der Waals surface area contributed by atoms with Crippen LogP contribution in [0.2, 0.25) is 0 Å². The molecule has 1 aliphatic rings. The number of anilines is 2. The van der Waals surface area contributed by atoms with Gasteiger partial charge in [-0.15, -0.1) is 0 Å². The summed E-state index contributed by atoms with van der Waals surface area (Å²) in [7, 11) is 0. The fourth-order valence-electron chi connectivity index (χ4n) is 5.66. The Bertz CT molecular complexity index is 1370. The van der Waals surface area contributed by atoms with E-state index in [1.807, 2.05) is 36.4 Å². The van der Waals surface area contributed by atoms with Crippen molar-refractivity contribution < 1.29 is 15.3 Å². The highest BCUT2D eigenvalue weighted by molar-refractivity contribution is 5.80. The first-order valence-corrected chi connectivity index (χ1v) is 14.7. The minimum Gasteiger partial charge on any atom is -0.507 e. The van der Waals surface area contributed by atoms with Gasteiger partial charge in [0, 0.05) is 67.0 Å². The molecule has 0 spiro atoms. The van der Waals surface area contributed by atoms with E-state index >= 15 is 0 Å². The molecule has 0 saturated heterocycles. The third kappa shape index (κ3) is 7.10. The number of rotatable bonds is 13. The minimum absolute atomic E-state index is 0.145. The smallest absolute Gasteiger partial charge is 0.125 e. The maximum atomic E-state index is 11.2. The van der Waals surface area contributed by atoms with E-state index in [1.165, 1.54) is 22.5 Å². The second kappa shape index (κ2) is 14.2. The van der Waals surface area contributed by atoms with Crippen LogP contribution in [-0.4, -0.2) is 48.2 Å². The molecule has 0 radical (unpaired) electrons. The van der Waals surface area contributed by atoms with E-state index in [-0.39, 0.29) is 24.4 Å². The molecule has 0 bridgehead atoms. The van der Waals surface area contributed by atoms with Crippen LogP contribution in [0, 0.1) is 0 Å². The van der Waals surface area contributed by atoms with Gasteiger partial charge in [-0.1, -0.05) is 80.6 Å². The van der Waals surface area contributed by atoms with Crippen LogP contribution < -0.4 is 9.80 Å². The summed E-state index contributed by atoms with van der Waals surface area (Å²) in [6.07, 6.45) is 10.6. The third-order valence-corrected chi connectivity index (χ3v) is 7.89. The molecular formula is C36H44N2O3. The highest BCUT2D eigenvalue weighted by Gasteiger charge is 2.39. The average molecular weight is 553 g/mol. The molecule has 0 fully saturated rings. The van der Waals surface area contributed by atoms with E-state index in [1.54, 1.807) is 0 Å². The highest BCUT2D eigenvalue weighted by Crippen LogP contribution is 2.47. The van der Waals surface area contributed by atoms with Crippen LogP contribution in [0.4, 0.5) is 11.4 Å². The van der Waals surface area contributed by atoms with Crippen molar-refractivity contribution in [3.8, 4) is 5.75 Å². The second-order valence-corrected chi connectivity index (χ2v) is 11.0. The van der Waals surface area contributed by atoms with E-state index in [0.717, 1.165) is 42.9 Å². The summed E-state index contributed by atoms with van der Waals surface area (Å²) in [6.45, 7) is 9.16. The van der Waals surface area contributed by atoms with Gasteiger partial charge in [0.1, 0.15) is 5.75 Å². The van der Waals surface area contributed by atoms with Crippen molar-refractivity contribution in [1.29, 1.82) is 0 Å². The Balaban J connectivity index is 1.69. The SMILES string of the molecule is CCN(CCCO)c1ccc(C(=C\Cc2ccccc2)/C=C/C=C2/N(CCCO)c3ccccc3C2(C)C)c(O)c1. The Morgan fingerprint density at radius 3 is 2.37 bits per heavy atom. The Morgan fingerprint density at radius 1 is 0.927 bits per heavy atom. The highest BCUT2D eigenvalue weighted by atomic mass is 16.3. The molecule has 3 aromatic carbocycles. The summed E-state index contributed by atoms with van der Waals surface area (Å²) in [5, 5.41) is 30.0. The van der Waals surface area contributed by atoms with Gasteiger partial charge in [0.25, 0.3) is 0 Å². The maximum absolute atomic E-state index is 11.2.